The fourth-order valence-electron chi connectivity index (χ4n) is 0.968. The highest BCUT2D eigenvalue weighted by molar-refractivity contribution is 9.10. The zero-order valence-corrected chi connectivity index (χ0v) is 8.15. The van der Waals surface area contributed by atoms with Crippen molar-refractivity contribution in [1.29, 1.82) is 0 Å². The summed E-state index contributed by atoms with van der Waals surface area (Å²) in [5.74, 6) is 0.949. The van der Waals surface area contributed by atoms with E-state index in [9.17, 15) is 0 Å². The van der Waals surface area contributed by atoms with Crippen molar-refractivity contribution in [2.75, 3.05) is 5.73 Å². The molecule has 0 fully saturated rings. The molecule has 0 saturated carbocycles. The Labute approximate surface area is 82.9 Å². The second-order valence-electron chi connectivity index (χ2n) is 2.45. The first-order valence-electron chi connectivity index (χ1n) is 3.60. The van der Waals surface area contributed by atoms with Crippen molar-refractivity contribution in [3.8, 4) is 11.3 Å². The van der Waals surface area contributed by atoms with Crippen LogP contribution in [0.1, 0.15) is 0 Å². The van der Waals surface area contributed by atoms with E-state index in [1.54, 1.807) is 12.4 Å². The lowest BCUT2D eigenvalue weighted by Gasteiger charge is -1.93. The van der Waals surface area contributed by atoms with Crippen LogP contribution in [-0.4, -0.2) is 10.1 Å². The smallest absolute Gasteiger partial charge is 0.184 e. The van der Waals surface area contributed by atoms with Crippen LogP contribution in [-0.2, 0) is 0 Å². The van der Waals surface area contributed by atoms with Gasteiger partial charge in [-0.3, -0.25) is 4.98 Å². The molecule has 0 bridgehead atoms. The van der Waals surface area contributed by atoms with Gasteiger partial charge in [-0.1, -0.05) is 5.16 Å². The average molecular weight is 240 g/mol. The SMILES string of the molecule is Nc1noc(-c2cccnc2)c1Br. The number of nitrogens with two attached hydrogens (primary N) is 1. The Bertz CT molecular complexity index is 413. The van der Waals surface area contributed by atoms with E-state index in [-0.39, 0.29) is 0 Å². The van der Waals surface area contributed by atoms with Gasteiger partial charge in [-0.05, 0) is 28.1 Å². The Hall–Kier alpha value is -1.36. The number of nitrogen functional groups attached to an aromatic ring is 1. The third-order valence-electron chi connectivity index (χ3n) is 1.58. The summed E-state index contributed by atoms with van der Waals surface area (Å²) in [7, 11) is 0. The van der Waals surface area contributed by atoms with E-state index in [1.807, 2.05) is 12.1 Å². The van der Waals surface area contributed by atoms with Crippen molar-refractivity contribution >= 4 is 21.7 Å². The molecule has 66 valence electrons. The van der Waals surface area contributed by atoms with E-state index < -0.39 is 0 Å². The predicted molar refractivity (Wildman–Crippen MR) is 51.8 cm³/mol. The van der Waals surface area contributed by atoms with Crippen molar-refractivity contribution in [2.45, 2.75) is 0 Å². The van der Waals surface area contributed by atoms with E-state index in [0.29, 0.717) is 16.1 Å². The fourth-order valence-corrected chi connectivity index (χ4v) is 1.34. The third-order valence-corrected chi connectivity index (χ3v) is 2.35. The molecule has 2 rings (SSSR count). The zero-order valence-electron chi connectivity index (χ0n) is 6.57. The molecule has 0 aliphatic heterocycles. The summed E-state index contributed by atoms with van der Waals surface area (Å²) < 4.78 is 5.69. The number of anilines is 1. The van der Waals surface area contributed by atoms with Gasteiger partial charge in [-0.15, -0.1) is 0 Å². The van der Waals surface area contributed by atoms with Gasteiger partial charge in [-0.2, -0.15) is 0 Å². The maximum Gasteiger partial charge on any atom is 0.184 e. The molecule has 0 radical (unpaired) electrons. The quantitative estimate of drug-likeness (QED) is 0.828. The average Bonchev–Trinajstić information content (AvgIpc) is 2.49. The Morgan fingerprint density at radius 3 is 2.85 bits per heavy atom. The van der Waals surface area contributed by atoms with E-state index in [0.717, 1.165) is 5.56 Å². The van der Waals surface area contributed by atoms with Crippen LogP contribution in [0.3, 0.4) is 0 Å². The lowest BCUT2D eigenvalue weighted by Crippen LogP contribution is -1.83. The van der Waals surface area contributed by atoms with E-state index in [2.05, 4.69) is 26.1 Å². The third kappa shape index (κ3) is 1.42. The summed E-state index contributed by atoms with van der Waals surface area (Å²) in [6, 6.07) is 3.69. The van der Waals surface area contributed by atoms with Crippen LogP contribution in [0.15, 0.2) is 33.5 Å². The van der Waals surface area contributed by atoms with Gasteiger partial charge >= 0.3 is 0 Å². The Balaban J connectivity index is 2.53. The topological polar surface area (TPSA) is 64.9 Å². The van der Waals surface area contributed by atoms with Gasteiger partial charge in [0.25, 0.3) is 0 Å². The minimum absolute atomic E-state index is 0.346. The first kappa shape index (κ1) is 8.25. The number of nitrogens with zero attached hydrogens (tertiary/aromatic N) is 2. The molecule has 2 aromatic heterocycles. The largest absolute Gasteiger partial charge is 0.380 e. The lowest BCUT2D eigenvalue weighted by molar-refractivity contribution is 0.435. The summed E-state index contributed by atoms with van der Waals surface area (Å²) in [6.07, 6.45) is 3.38. The standard InChI is InChI=1S/C8H6BrN3O/c9-6-7(13-12-8(6)10)5-2-1-3-11-4-5/h1-4H,(H2,10,12). The van der Waals surface area contributed by atoms with Crippen molar-refractivity contribution in [2.24, 2.45) is 0 Å². The van der Waals surface area contributed by atoms with Crippen LogP contribution >= 0.6 is 15.9 Å². The molecule has 13 heavy (non-hydrogen) atoms. The predicted octanol–water partition coefficient (Wildman–Crippen LogP) is 2.08. The highest BCUT2D eigenvalue weighted by Crippen LogP contribution is 2.31. The number of rotatable bonds is 1. The number of hydrogen-bond donors (Lipinski definition) is 1. The Morgan fingerprint density at radius 1 is 1.46 bits per heavy atom. The summed E-state index contributed by atoms with van der Waals surface area (Å²) in [5, 5.41) is 3.62. The fraction of sp³-hybridized carbons (Fsp3) is 0. The molecule has 2 aromatic rings. The monoisotopic (exact) mass is 239 g/mol. The van der Waals surface area contributed by atoms with Gasteiger partial charge < -0.3 is 10.3 Å². The summed E-state index contributed by atoms with van der Waals surface area (Å²) in [6.45, 7) is 0. The van der Waals surface area contributed by atoms with Gasteiger partial charge in [0.15, 0.2) is 11.6 Å². The molecule has 0 aromatic carbocycles. The highest BCUT2D eigenvalue weighted by Gasteiger charge is 2.12. The Morgan fingerprint density at radius 2 is 2.31 bits per heavy atom. The first-order valence-corrected chi connectivity index (χ1v) is 4.39. The van der Waals surface area contributed by atoms with Crippen LogP contribution in [0.5, 0.6) is 0 Å². The summed E-state index contributed by atoms with van der Waals surface area (Å²) >= 11 is 3.28. The Kier molecular flexibility index (Phi) is 2.02. The van der Waals surface area contributed by atoms with Crippen molar-refractivity contribution in [3.05, 3.63) is 29.0 Å². The molecule has 0 saturated heterocycles. The van der Waals surface area contributed by atoms with E-state index >= 15 is 0 Å². The molecule has 0 unspecified atom stereocenters. The molecule has 0 amide bonds. The zero-order chi connectivity index (χ0) is 9.26. The molecule has 0 atom stereocenters. The van der Waals surface area contributed by atoms with Gasteiger partial charge in [-0.25, -0.2) is 0 Å². The number of pyridine rings is 1. The van der Waals surface area contributed by atoms with E-state index in [1.165, 1.54) is 0 Å². The number of hydrogen-bond acceptors (Lipinski definition) is 4. The molecule has 0 aliphatic carbocycles. The van der Waals surface area contributed by atoms with Gasteiger partial charge in [0.1, 0.15) is 4.47 Å². The summed E-state index contributed by atoms with van der Waals surface area (Å²) in [5.41, 5.74) is 6.35. The minimum Gasteiger partial charge on any atom is -0.380 e. The van der Waals surface area contributed by atoms with Crippen LogP contribution in [0.4, 0.5) is 5.82 Å². The maximum atomic E-state index is 5.51. The van der Waals surface area contributed by atoms with Crippen LogP contribution in [0.25, 0.3) is 11.3 Å². The maximum absolute atomic E-state index is 5.51. The van der Waals surface area contributed by atoms with Crippen molar-refractivity contribution in [3.63, 3.8) is 0 Å². The summed E-state index contributed by atoms with van der Waals surface area (Å²) in [4.78, 5) is 3.96. The van der Waals surface area contributed by atoms with Crippen molar-refractivity contribution in [1.82, 2.24) is 10.1 Å². The molecule has 0 spiro atoms. The highest BCUT2D eigenvalue weighted by atomic mass is 79.9. The van der Waals surface area contributed by atoms with Crippen LogP contribution in [0.2, 0.25) is 0 Å². The number of aromatic nitrogens is 2. The van der Waals surface area contributed by atoms with Gasteiger partial charge in [0.2, 0.25) is 0 Å². The molecule has 5 heteroatoms. The second kappa shape index (κ2) is 3.18. The molecule has 2 heterocycles. The van der Waals surface area contributed by atoms with Crippen LogP contribution < -0.4 is 5.73 Å². The van der Waals surface area contributed by atoms with Gasteiger partial charge in [0.05, 0.1) is 0 Å². The number of halogens is 1. The molecule has 2 N–H and O–H groups in total. The molecular formula is C8H6BrN3O. The molecular weight excluding hydrogens is 234 g/mol. The second-order valence-corrected chi connectivity index (χ2v) is 3.25. The van der Waals surface area contributed by atoms with E-state index in [4.69, 9.17) is 10.3 Å². The molecule has 0 aliphatic rings. The lowest BCUT2D eigenvalue weighted by atomic mass is 10.2. The van der Waals surface area contributed by atoms with Crippen LogP contribution in [0, 0.1) is 0 Å². The van der Waals surface area contributed by atoms with Gasteiger partial charge in [0, 0.05) is 18.0 Å². The first-order chi connectivity index (χ1) is 6.29. The minimum atomic E-state index is 0.346. The normalized spacial score (nSPS) is 10.2. The molecule has 4 nitrogen and oxygen atoms in total. The van der Waals surface area contributed by atoms with Crippen molar-refractivity contribution < 1.29 is 4.52 Å².